The third kappa shape index (κ3) is 1.07. The van der Waals surface area contributed by atoms with E-state index in [1.54, 1.807) is 6.07 Å². The highest BCUT2D eigenvalue weighted by Crippen LogP contribution is 2.49. The molecule has 2 atom stereocenters. The maximum Gasteiger partial charge on any atom is 0.123 e. The van der Waals surface area contributed by atoms with Crippen molar-refractivity contribution in [2.45, 2.75) is 18.7 Å². The van der Waals surface area contributed by atoms with Crippen molar-refractivity contribution in [2.24, 2.45) is 5.92 Å². The fourth-order valence-electron chi connectivity index (χ4n) is 2.08. The first-order valence-corrected chi connectivity index (χ1v) is 4.85. The van der Waals surface area contributed by atoms with Gasteiger partial charge in [-0.3, -0.25) is 0 Å². The molecule has 14 heavy (non-hydrogen) atoms. The monoisotopic (exact) mass is 190 g/mol. The second-order valence-electron chi connectivity index (χ2n) is 3.83. The molecule has 1 heterocycles. The first kappa shape index (κ1) is 6.23. The van der Waals surface area contributed by atoms with Crippen LogP contribution in [0, 0.1) is 5.92 Å². The van der Waals surface area contributed by atoms with Crippen LogP contribution in [0.3, 0.4) is 0 Å². The molecule has 0 amide bonds. The van der Waals surface area contributed by atoms with E-state index in [4.69, 9.17) is 7.48 Å². The van der Waals surface area contributed by atoms with Crippen molar-refractivity contribution in [1.29, 1.82) is 0 Å². The van der Waals surface area contributed by atoms with Crippen LogP contribution in [0.25, 0.3) is 0 Å². The van der Waals surface area contributed by atoms with Gasteiger partial charge in [0, 0.05) is 20.6 Å². The quantitative estimate of drug-likeness (QED) is 0.666. The fraction of sp³-hybridized carbons (Fsp3) is 0.417. The van der Waals surface area contributed by atoms with E-state index in [1.807, 2.05) is 12.1 Å². The van der Waals surface area contributed by atoms with Crippen molar-refractivity contribution in [1.82, 2.24) is 0 Å². The summed E-state index contributed by atoms with van der Waals surface area (Å²) in [4.78, 5) is 10.7. The van der Waals surface area contributed by atoms with E-state index in [1.165, 1.54) is 0 Å². The molecule has 1 aromatic carbocycles. The van der Waals surface area contributed by atoms with E-state index in [0.717, 1.165) is 18.3 Å². The predicted molar refractivity (Wildman–Crippen MR) is 52.6 cm³/mol. The number of carbonyl (C=O) groups excluding carboxylic acids is 1. The number of rotatable bonds is 2. The summed E-state index contributed by atoms with van der Waals surface area (Å²) in [5.41, 5.74) is 1.61. The molecule has 0 radical (unpaired) electrons. The Hall–Kier alpha value is -1.31. The van der Waals surface area contributed by atoms with Crippen LogP contribution in [0.1, 0.15) is 26.2 Å². The molecule has 1 saturated carbocycles. The third-order valence-corrected chi connectivity index (χ3v) is 2.95. The number of fused-ring (bicyclic) bond motifs is 1. The summed E-state index contributed by atoms with van der Waals surface area (Å²) < 4.78 is 21.2. The van der Waals surface area contributed by atoms with Crippen molar-refractivity contribution >= 4 is 6.29 Å². The molecule has 1 fully saturated rings. The smallest absolute Gasteiger partial charge is 0.123 e. The van der Waals surface area contributed by atoms with Gasteiger partial charge in [0.25, 0.3) is 0 Å². The SMILES string of the molecule is [2H]C1([2H])COc2cccc([C@@H]3C[C@H]3C=O)c21. The van der Waals surface area contributed by atoms with Gasteiger partial charge >= 0.3 is 0 Å². The Bertz CT molecular complexity index is 456. The van der Waals surface area contributed by atoms with E-state index in [9.17, 15) is 4.79 Å². The average molecular weight is 190 g/mol. The molecule has 1 aromatic rings. The van der Waals surface area contributed by atoms with Crippen LogP contribution in [-0.2, 0) is 11.2 Å². The van der Waals surface area contributed by atoms with E-state index >= 15 is 0 Å². The number of benzene rings is 1. The van der Waals surface area contributed by atoms with Gasteiger partial charge in [0.2, 0.25) is 0 Å². The van der Waals surface area contributed by atoms with Gasteiger partial charge in [0.05, 0.1) is 6.61 Å². The summed E-state index contributed by atoms with van der Waals surface area (Å²) in [5, 5.41) is 0. The third-order valence-electron chi connectivity index (χ3n) is 2.95. The Morgan fingerprint density at radius 3 is 3.29 bits per heavy atom. The van der Waals surface area contributed by atoms with Gasteiger partial charge in [0.1, 0.15) is 12.0 Å². The van der Waals surface area contributed by atoms with Crippen LogP contribution >= 0.6 is 0 Å². The molecule has 2 heteroatoms. The Kier molecular flexibility index (Phi) is 1.26. The summed E-state index contributed by atoms with van der Waals surface area (Å²) >= 11 is 0. The molecule has 0 N–H and O–H groups in total. The lowest BCUT2D eigenvalue weighted by Crippen LogP contribution is -1.91. The zero-order chi connectivity index (χ0) is 11.3. The maximum atomic E-state index is 10.7. The van der Waals surface area contributed by atoms with Gasteiger partial charge in [-0.2, -0.15) is 0 Å². The van der Waals surface area contributed by atoms with Crippen molar-refractivity contribution < 1.29 is 12.3 Å². The molecule has 72 valence electrons. The van der Waals surface area contributed by atoms with Crippen LogP contribution < -0.4 is 4.74 Å². The standard InChI is InChI=1S/C12H12O2/c13-7-8-6-11(8)9-2-1-3-12-10(9)4-5-14-12/h1-3,7-8,11H,4-6H2/t8-,11+/m0/s1/i4D2. The molecule has 0 unspecified atom stereocenters. The molecule has 0 saturated heterocycles. The number of aldehydes is 1. The number of hydrogen-bond acceptors (Lipinski definition) is 2. The summed E-state index contributed by atoms with van der Waals surface area (Å²) in [6.45, 7) is 0.0812. The number of ether oxygens (including phenoxy) is 1. The summed E-state index contributed by atoms with van der Waals surface area (Å²) in [6.07, 6.45) is 0.396. The van der Waals surface area contributed by atoms with E-state index in [-0.39, 0.29) is 18.4 Å². The number of hydrogen-bond donors (Lipinski definition) is 0. The largest absolute Gasteiger partial charge is 0.493 e. The molecule has 0 spiro atoms. The second kappa shape index (κ2) is 2.84. The molecule has 2 aliphatic rings. The molecule has 0 bridgehead atoms. The van der Waals surface area contributed by atoms with Gasteiger partial charge in [-0.05, 0) is 24.0 Å². The molecule has 1 aliphatic heterocycles. The lowest BCUT2D eigenvalue weighted by molar-refractivity contribution is -0.108. The highest BCUT2D eigenvalue weighted by molar-refractivity contribution is 5.62. The zero-order valence-corrected chi connectivity index (χ0v) is 7.69. The van der Waals surface area contributed by atoms with Crippen molar-refractivity contribution in [3.05, 3.63) is 29.3 Å². The van der Waals surface area contributed by atoms with Crippen molar-refractivity contribution in [2.75, 3.05) is 6.61 Å². The Morgan fingerprint density at radius 1 is 1.57 bits per heavy atom. The van der Waals surface area contributed by atoms with E-state index in [0.29, 0.717) is 11.3 Å². The first-order chi connectivity index (χ1) is 7.63. The summed E-state index contributed by atoms with van der Waals surface area (Å²) in [5.74, 6) is 0.908. The lowest BCUT2D eigenvalue weighted by atomic mass is 10.0. The summed E-state index contributed by atoms with van der Waals surface area (Å²) in [7, 11) is 0. The molecule has 0 aromatic heterocycles. The van der Waals surface area contributed by atoms with E-state index in [2.05, 4.69) is 0 Å². The number of carbonyl (C=O) groups is 1. The topological polar surface area (TPSA) is 26.3 Å². The predicted octanol–water partition coefficient (Wildman–Crippen LogP) is 1.92. The zero-order valence-electron chi connectivity index (χ0n) is 9.69. The normalized spacial score (nSPS) is 33.7. The lowest BCUT2D eigenvalue weighted by Gasteiger charge is -2.04. The van der Waals surface area contributed by atoms with Gasteiger partial charge in [-0.15, -0.1) is 0 Å². The Morgan fingerprint density at radius 2 is 2.50 bits per heavy atom. The van der Waals surface area contributed by atoms with Crippen LogP contribution in [0.2, 0.25) is 0 Å². The van der Waals surface area contributed by atoms with Crippen molar-refractivity contribution in [3.8, 4) is 5.75 Å². The van der Waals surface area contributed by atoms with Gasteiger partial charge < -0.3 is 9.53 Å². The molecule has 1 aliphatic carbocycles. The van der Waals surface area contributed by atoms with Crippen molar-refractivity contribution in [3.63, 3.8) is 0 Å². The first-order valence-electron chi connectivity index (χ1n) is 5.85. The minimum Gasteiger partial charge on any atom is -0.493 e. The van der Waals surface area contributed by atoms with Gasteiger partial charge in [-0.1, -0.05) is 12.1 Å². The molecule has 3 rings (SSSR count). The fourth-order valence-corrected chi connectivity index (χ4v) is 2.08. The van der Waals surface area contributed by atoms with Gasteiger partial charge in [-0.25, -0.2) is 0 Å². The minimum atomic E-state index is -1.41. The molecular weight excluding hydrogens is 176 g/mol. The Labute approximate surface area is 85.7 Å². The second-order valence-corrected chi connectivity index (χ2v) is 3.83. The van der Waals surface area contributed by atoms with Crippen LogP contribution in [-0.4, -0.2) is 12.9 Å². The molecule has 2 nitrogen and oxygen atoms in total. The van der Waals surface area contributed by atoms with E-state index < -0.39 is 6.37 Å². The average Bonchev–Trinajstić information content (AvgIpc) is 2.99. The molecular formula is C12H12O2. The highest BCUT2D eigenvalue weighted by atomic mass is 16.5. The van der Waals surface area contributed by atoms with Crippen LogP contribution in [0.15, 0.2) is 18.2 Å². The minimum absolute atomic E-state index is 0.0721. The van der Waals surface area contributed by atoms with Crippen LogP contribution in [0.5, 0.6) is 5.75 Å². The van der Waals surface area contributed by atoms with Crippen LogP contribution in [0.4, 0.5) is 0 Å². The Balaban J connectivity index is 2.07. The highest BCUT2D eigenvalue weighted by Gasteiger charge is 2.40. The summed E-state index contributed by atoms with van der Waals surface area (Å²) in [6, 6.07) is 5.58. The maximum absolute atomic E-state index is 10.7. The van der Waals surface area contributed by atoms with Gasteiger partial charge in [0.15, 0.2) is 0 Å².